The summed E-state index contributed by atoms with van der Waals surface area (Å²) in [7, 11) is 1.82. The van der Waals surface area contributed by atoms with Gasteiger partial charge in [-0.15, -0.1) is 11.3 Å². The lowest BCUT2D eigenvalue weighted by molar-refractivity contribution is 0.287. The van der Waals surface area contributed by atoms with Gasteiger partial charge in [0.05, 0.1) is 6.54 Å². The first-order valence-corrected chi connectivity index (χ1v) is 9.13. The Kier molecular flexibility index (Phi) is 7.12. The van der Waals surface area contributed by atoms with E-state index in [1.54, 1.807) is 11.3 Å². The summed E-state index contributed by atoms with van der Waals surface area (Å²) in [5.74, 6) is 1.49. The summed E-state index contributed by atoms with van der Waals surface area (Å²) >= 11 is 1.77. The molecule has 2 N–H and O–H groups in total. The van der Waals surface area contributed by atoms with Crippen LogP contribution >= 0.6 is 11.3 Å². The van der Waals surface area contributed by atoms with Crippen LogP contribution in [-0.2, 0) is 13.0 Å². The lowest BCUT2D eigenvalue weighted by atomic mass is 10.1. The highest BCUT2D eigenvalue weighted by Gasteiger charge is 2.14. The molecule has 6 heteroatoms. The van der Waals surface area contributed by atoms with Gasteiger partial charge >= 0.3 is 0 Å². The number of aliphatic imine (C=N–C) groups is 1. The van der Waals surface area contributed by atoms with E-state index in [1.807, 2.05) is 13.2 Å². The molecule has 1 aliphatic rings. The molecule has 0 spiro atoms. The molecule has 1 fully saturated rings. The van der Waals surface area contributed by atoms with Crippen molar-refractivity contribution in [3.05, 3.63) is 16.1 Å². The molecular formula is C16H29N5S. The summed E-state index contributed by atoms with van der Waals surface area (Å²) < 4.78 is 0. The number of nitrogens with one attached hydrogen (secondary N) is 2. The van der Waals surface area contributed by atoms with Gasteiger partial charge in [0.2, 0.25) is 0 Å². The van der Waals surface area contributed by atoms with Crippen molar-refractivity contribution in [2.24, 2.45) is 10.9 Å². The van der Waals surface area contributed by atoms with E-state index in [0.29, 0.717) is 5.92 Å². The number of aryl methyl sites for hydroxylation is 1. The molecule has 0 aromatic carbocycles. The van der Waals surface area contributed by atoms with Crippen LogP contribution in [-0.4, -0.2) is 49.1 Å². The lowest BCUT2D eigenvalue weighted by Crippen LogP contribution is -2.41. The normalized spacial score (nSPS) is 17.7. The molecule has 1 aromatic heterocycles. The van der Waals surface area contributed by atoms with Gasteiger partial charge < -0.3 is 15.5 Å². The molecule has 2 rings (SSSR count). The number of guanidine groups is 1. The topological polar surface area (TPSA) is 52.6 Å². The zero-order chi connectivity index (χ0) is 15.8. The molecule has 2 heterocycles. The van der Waals surface area contributed by atoms with Crippen LogP contribution in [0.15, 0.2) is 11.2 Å². The number of likely N-dealkylation sites (tertiary alicyclic amines) is 1. The summed E-state index contributed by atoms with van der Waals surface area (Å²) in [4.78, 5) is 12.6. The Balaban J connectivity index is 1.67. The Bertz CT molecular complexity index is 465. The van der Waals surface area contributed by atoms with Gasteiger partial charge in [-0.2, -0.15) is 0 Å². The Hall–Kier alpha value is -1.14. The minimum atomic E-state index is 0.628. The van der Waals surface area contributed by atoms with Gasteiger partial charge in [-0.05, 0) is 38.3 Å². The first-order valence-electron chi connectivity index (χ1n) is 8.31. The summed E-state index contributed by atoms with van der Waals surface area (Å²) in [6, 6.07) is 0. The van der Waals surface area contributed by atoms with E-state index in [2.05, 4.69) is 39.4 Å². The maximum absolute atomic E-state index is 4.42. The van der Waals surface area contributed by atoms with Gasteiger partial charge in [-0.25, -0.2) is 4.98 Å². The highest BCUT2D eigenvalue weighted by Crippen LogP contribution is 2.13. The van der Waals surface area contributed by atoms with E-state index in [4.69, 9.17) is 0 Å². The summed E-state index contributed by atoms with van der Waals surface area (Å²) in [6.45, 7) is 9.86. The highest BCUT2D eigenvalue weighted by atomic mass is 32.1. The maximum atomic E-state index is 4.42. The van der Waals surface area contributed by atoms with E-state index in [0.717, 1.165) is 30.5 Å². The SMILES string of the molecule is CCc1cnc(CNC(=NC)NCC(C)CN2CCCC2)s1. The van der Waals surface area contributed by atoms with Crippen molar-refractivity contribution in [3.8, 4) is 0 Å². The average Bonchev–Trinajstić information content (AvgIpc) is 3.18. The molecule has 1 aromatic rings. The van der Waals surface area contributed by atoms with Crippen LogP contribution in [0.25, 0.3) is 0 Å². The standard InChI is InChI=1S/C16H29N5S/c1-4-14-10-18-15(22-14)11-20-16(17-3)19-9-13(2)12-21-7-5-6-8-21/h10,13H,4-9,11-12H2,1-3H3,(H2,17,19,20). The van der Waals surface area contributed by atoms with Crippen LogP contribution in [0.3, 0.4) is 0 Å². The van der Waals surface area contributed by atoms with Crippen LogP contribution < -0.4 is 10.6 Å². The minimum absolute atomic E-state index is 0.628. The van der Waals surface area contributed by atoms with E-state index in [-0.39, 0.29) is 0 Å². The minimum Gasteiger partial charge on any atom is -0.356 e. The monoisotopic (exact) mass is 323 g/mol. The molecule has 0 radical (unpaired) electrons. The van der Waals surface area contributed by atoms with Crippen LogP contribution in [0.4, 0.5) is 0 Å². The van der Waals surface area contributed by atoms with Crippen LogP contribution in [0.1, 0.15) is 36.6 Å². The van der Waals surface area contributed by atoms with Crippen LogP contribution in [0.5, 0.6) is 0 Å². The fourth-order valence-corrected chi connectivity index (χ4v) is 3.52. The predicted molar refractivity (Wildman–Crippen MR) is 94.5 cm³/mol. The summed E-state index contributed by atoms with van der Waals surface area (Å²) in [5.41, 5.74) is 0. The zero-order valence-electron chi connectivity index (χ0n) is 14.1. The van der Waals surface area contributed by atoms with Crippen molar-refractivity contribution in [2.45, 2.75) is 39.7 Å². The number of thiazole rings is 1. The molecule has 5 nitrogen and oxygen atoms in total. The Morgan fingerprint density at radius 1 is 1.41 bits per heavy atom. The van der Waals surface area contributed by atoms with E-state index < -0.39 is 0 Å². The molecule has 1 saturated heterocycles. The molecule has 0 saturated carbocycles. The molecule has 1 unspecified atom stereocenters. The molecule has 22 heavy (non-hydrogen) atoms. The molecular weight excluding hydrogens is 294 g/mol. The van der Waals surface area contributed by atoms with E-state index >= 15 is 0 Å². The zero-order valence-corrected chi connectivity index (χ0v) is 14.9. The third kappa shape index (κ3) is 5.57. The quantitative estimate of drug-likeness (QED) is 0.596. The predicted octanol–water partition coefficient (Wildman–Crippen LogP) is 2.10. The number of hydrogen-bond donors (Lipinski definition) is 2. The molecule has 0 bridgehead atoms. The van der Waals surface area contributed by atoms with Crippen molar-refractivity contribution in [1.82, 2.24) is 20.5 Å². The van der Waals surface area contributed by atoms with Crippen molar-refractivity contribution in [2.75, 3.05) is 33.2 Å². The average molecular weight is 324 g/mol. The summed E-state index contributed by atoms with van der Waals surface area (Å²) in [5, 5.41) is 7.88. The molecule has 124 valence electrons. The van der Waals surface area contributed by atoms with E-state index in [1.165, 1.54) is 37.4 Å². The molecule has 0 amide bonds. The van der Waals surface area contributed by atoms with Gasteiger partial charge in [0.25, 0.3) is 0 Å². The first-order chi connectivity index (χ1) is 10.7. The van der Waals surface area contributed by atoms with Crippen LogP contribution in [0.2, 0.25) is 0 Å². The second-order valence-electron chi connectivity index (χ2n) is 5.99. The molecule has 1 atom stereocenters. The Labute approximate surface area is 138 Å². The molecule has 0 aliphatic carbocycles. The van der Waals surface area contributed by atoms with Crippen molar-refractivity contribution in [1.29, 1.82) is 0 Å². The first kappa shape index (κ1) is 17.2. The van der Waals surface area contributed by atoms with Crippen molar-refractivity contribution in [3.63, 3.8) is 0 Å². The summed E-state index contributed by atoms with van der Waals surface area (Å²) in [6.07, 6.45) is 5.74. The van der Waals surface area contributed by atoms with Gasteiger partial charge in [-0.1, -0.05) is 13.8 Å². The third-order valence-electron chi connectivity index (χ3n) is 3.97. The smallest absolute Gasteiger partial charge is 0.191 e. The van der Waals surface area contributed by atoms with E-state index in [9.17, 15) is 0 Å². The van der Waals surface area contributed by atoms with Gasteiger partial charge in [0, 0.05) is 31.2 Å². The van der Waals surface area contributed by atoms with Crippen molar-refractivity contribution >= 4 is 17.3 Å². The third-order valence-corrected chi connectivity index (χ3v) is 5.11. The Morgan fingerprint density at radius 3 is 2.82 bits per heavy atom. The number of rotatable bonds is 7. The number of aromatic nitrogens is 1. The van der Waals surface area contributed by atoms with Crippen LogP contribution in [0, 0.1) is 5.92 Å². The van der Waals surface area contributed by atoms with Gasteiger partial charge in [0.15, 0.2) is 5.96 Å². The lowest BCUT2D eigenvalue weighted by Gasteiger charge is -2.21. The Morgan fingerprint density at radius 2 is 2.18 bits per heavy atom. The second kappa shape index (κ2) is 9.10. The van der Waals surface area contributed by atoms with Crippen molar-refractivity contribution < 1.29 is 0 Å². The molecule has 1 aliphatic heterocycles. The largest absolute Gasteiger partial charge is 0.356 e. The second-order valence-corrected chi connectivity index (χ2v) is 7.19. The fraction of sp³-hybridized carbons (Fsp3) is 0.750. The van der Waals surface area contributed by atoms with Gasteiger partial charge in [-0.3, -0.25) is 4.99 Å². The number of nitrogens with zero attached hydrogens (tertiary/aromatic N) is 3. The van der Waals surface area contributed by atoms with Gasteiger partial charge in [0.1, 0.15) is 5.01 Å². The highest BCUT2D eigenvalue weighted by molar-refractivity contribution is 7.11. The number of hydrogen-bond acceptors (Lipinski definition) is 4. The fourth-order valence-electron chi connectivity index (χ4n) is 2.71. The maximum Gasteiger partial charge on any atom is 0.191 e.